The second-order valence-corrected chi connectivity index (χ2v) is 9.20. The highest BCUT2D eigenvalue weighted by atomic mass is 32.2. The Morgan fingerprint density at radius 2 is 1.86 bits per heavy atom. The second kappa shape index (κ2) is 8.73. The van der Waals surface area contributed by atoms with E-state index >= 15 is 0 Å². The molecule has 5 nitrogen and oxygen atoms in total. The first-order valence-electron chi connectivity index (χ1n) is 9.27. The van der Waals surface area contributed by atoms with Crippen molar-refractivity contribution in [1.82, 2.24) is 4.90 Å². The highest BCUT2D eigenvalue weighted by molar-refractivity contribution is 7.91. The van der Waals surface area contributed by atoms with Gasteiger partial charge in [0.2, 0.25) is 5.91 Å². The van der Waals surface area contributed by atoms with Crippen LogP contribution in [0.25, 0.3) is 0 Å². The molecule has 1 atom stereocenters. The molecule has 2 aromatic rings. The van der Waals surface area contributed by atoms with Gasteiger partial charge in [0.15, 0.2) is 9.84 Å². The van der Waals surface area contributed by atoms with Crippen LogP contribution in [-0.4, -0.2) is 45.2 Å². The maximum absolute atomic E-state index is 14.1. The van der Waals surface area contributed by atoms with Crippen molar-refractivity contribution in [1.29, 1.82) is 0 Å². The number of ether oxygens (including phenoxy) is 1. The number of aryl methyl sites for hydroxylation is 1. The smallest absolute Gasteiger partial charge is 0.222 e. The Morgan fingerprint density at radius 3 is 2.54 bits per heavy atom. The van der Waals surface area contributed by atoms with E-state index in [9.17, 15) is 17.6 Å². The lowest BCUT2D eigenvalue weighted by atomic mass is 10.1. The minimum atomic E-state index is -3.52. The summed E-state index contributed by atoms with van der Waals surface area (Å²) in [5, 5.41) is -0.909. The molecule has 2 aromatic carbocycles. The molecule has 150 valence electrons. The molecule has 0 N–H and O–H groups in total. The molecule has 0 aliphatic carbocycles. The van der Waals surface area contributed by atoms with E-state index in [1.54, 1.807) is 18.1 Å². The topological polar surface area (TPSA) is 63.7 Å². The molecule has 0 spiro atoms. The number of hydrogen-bond donors (Lipinski definition) is 0. The molecule has 7 heteroatoms. The number of halogens is 1. The van der Waals surface area contributed by atoms with Crippen LogP contribution < -0.4 is 4.74 Å². The zero-order valence-electron chi connectivity index (χ0n) is 15.8. The van der Waals surface area contributed by atoms with Crippen LogP contribution in [0.1, 0.15) is 29.2 Å². The van der Waals surface area contributed by atoms with E-state index in [1.165, 1.54) is 18.2 Å². The van der Waals surface area contributed by atoms with Crippen LogP contribution in [-0.2, 0) is 21.1 Å². The fourth-order valence-electron chi connectivity index (χ4n) is 3.48. The van der Waals surface area contributed by atoms with Crippen molar-refractivity contribution in [2.75, 3.05) is 26.0 Å². The number of rotatable bonds is 5. The number of benzene rings is 2. The molecule has 0 bridgehead atoms. The number of carbonyl (C=O) groups excluding carboxylic acids is 1. The summed E-state index contributed by atoms with van der Waals surface area (Å²) in [6.07, 6.45) is 1.08. The Bertz CT molecular complexity index is 928. The van der Waals surface area contributed by atoms with E-state index in [0.717, 1.165) is 11.3 Å². The van der Waals surface area contributed by atoms with E-state index in [1.807, 2.05) is 24.3 Å². The second-order valence-electron chi connectivity index (χ2n) is 6.89. The Labute approximate surface area is 165 Å². The lowest BCUT2D eigenvalue weighted by molar-refractivity contribution is -0.130. The maximum Gasteiger partial charge on any atom is 0.222 e. The monoisotopic (exact) mass is 405 g/mol. The molecular weight excluding hydrogens is 381 g/mol. The van der Waals surface area contributed by atoms with Gasteiger partial charge < -0.3 is 9.64 Å². The average molecular weight is 405 g/mol. The van der Waals surface area contributed by atoms with Crippen molar-refractivity contribution in [3.8, 4) is 5.75 Å². The molecule has 1 unspecified atom stereocenters. The van der Waals surface area contributed by atoms with Crippen LogP contribution in [0.3, 0.4) is 0 Å². The highest BCUT2D eigenvalue weighted by Gasteiger charge is 2.33. The number of carbonyl (C=O) groups is 1. The predicted octanol–water partition coefficient (Wildman–Crippen LogP) is 3.16. The molecule has 3 rings (SSSR count). The number of hydrogen-bond acceptors (Lipinski definition) is 4. The van der Waals surface area contributed by atoms with Gasteiger partial charge in [0, 0.05) is 25.1 Å². The molecule has 0 saturated carbocycles. The molecule has 28 heavy (non-hydrogen) atoms. The Morgan fingerprint density at radius 1 is 1.14 bits per heavy atom. The Balaban J connectivity index is 1.64. The number of nitrogens with zero attached hydrogens (tertiary/aromatic N) is 1. The summed E-state index contributed by atoms with van der Waals surface area (Å²) in [5.74, 6) is 0.00263. The summed E-state index contributed by atoms with van der Waals surface area (Å²) in [7, 11) is -1.93. The third-order valence-corrected chi connectivity index (χ3v) is 7.24. The summed E-state index contributed by atoms with van der Waals surface area (Å²) < 4.78 is 44.5. The first kappa shape index (κ1) is 20.3. The molecule has 1 aliphatic rings. The molecule has 0 aromatic heterocycles. The Hall–Kier alpha value is -2.41. The lowest BCUT2D eigenvalue weighted by Crippen LogP contribution is -2.33. The third-order valence-electron chi connectivity index (χ3n) is 5.13. The van der Waals surface area contributed by atoms with Gasteiger partial charge in [-0.1, -0.05) is 30.3 Å². The van der Waals surface area contributed by atoms with Gasteiger partial charge >= 0.3 is 0 Å². The molecule has 1 saturated heterocycles. The van der Waals surface area contributed by atoms with Crippen molar-refractivity contribution in [2.24, 2.45) is 0 Å². The van der Waals surface area contributed by atoms with Crippen LogP contribution in [0.4, 0.5) is 4.39 Å². The normalized spacial score (nSPS) is 19.1. The van der Waals surface area contributed by atoms with Gasteiger partial charge in [0.05, 0.1) is 18.1 Å². The van der Waals surface area contributed by atoms with E-state index in [4.69, 9.17) is 4.74 Å². The van der Waals surface area contributed by atoms with Crippen LogP contribution in [0.15, 0.2) is 48.5 Å². The van der Waals surface area contributed by atoms with Crippen molar-refractivity contribution in [3.63, 3.8) is 0 Å². The summed E-state index contributed by atoms with van der Waals surface area (Å²) in [4.78, 5) is 14.2. The van der Waals surface area contributed by atoms with Crippen molar-refractivity contribution in [3.05, 3.63) is 65.5 Å². The zero-order chi connectivity index (χ0) is 20.1. The van der Waals surface area contributed by atoms with Crippen LogP contribution in [0, 0.1) is 5.82 Å². The molecule has 1 amide bonds. The summed E-state index contributed by atoms with van der Waals surface area (Å²) >= 11 is 0. The van der Waals surface area contributed by atoms with Crippen molar-refractivity contribution < 1.29 is 22.3 Å². The fraction of sp³-hybridized carbons (Fsp3) is 0.381. The first-order chi connectivity index (χ1) is 13.4. The highest BCUT2D eigenvalue weighted by Crippen LogP contribution is 2.31. The minimum Gasteiger partial charge on any atom is -0.497 e. The number of methoxy groups -OCH3 is 1. The summed E-state index contributed by atoms with van der Waals surface area (Å²) in [6, 6.07) is 13.5. The SMILES string of the molecule is COc1ccc(CCC(=O)N2CCC(c3ccccc3F)S(=O)(=O)CC2)cc1. The van der Waals surface area contributed by atoms with E-state index < -0.39 is 20.9 Å². The van der Waals surface area contributed by atoms with Gasteiger partial charge in [-0.05, 0) is 36.6 Å². The van der Waals surface area contributed by atoms with E-state index in [-0.39, 0.29) is 30.2 Å². The molecule has 1 heterocycles. The van der Waals surface area contributed by atoms with Gasteiger partial charge in [0.25, 0.3) is 0 Å². The van der Waals surface area contributed by atoms with Crippen LogP contribution in [0.5, 0.6) is 5.75 Å². The predicted molar refractivity (Wildman–Crippen MR) is 105 cm³/mol. The molecular formula is C21H24FNO4S. The van der Waals surface area contributed by atoms with Gasteiger partial charge in [0.1, 0.15) is 11.6 Å². The average Bonchev–Trinajstić information content (AvgIpc) is 2.85. The van der Waals surface area contributed by atoms with Crippen LogP contribution in [0.2, 0.25) is 0 Å². The molecule has 0 radical (unpaired) electrons. The van der Waals surface area contributed by atoms with E-state index in [2.05, 4.69) is 0 Å². The molecule has 1 fully saturated rings. The summed E-state index contributed by atoms with van der Waals surface area (Å²) in [5.41, 5.74) is 1.20. The van der Waals surface area contributed by atoms with Gasteiger partial charge in [-0.2, -0.15) is 0 Å². The quantitative estimate of drug-likeness (QED) is 0.767. The van der Waals surface area contributed by atoms with Crippen molar-refractivity contribution >= 4 is 15.7 Å². The third kappa shape index (κ3) is 4.70. The zero-order valence-corrected chi connectivity index (χ0v) is 16.6. The minimum absolute atomic E-state index is 0.0831. The largest absolute Gasteiger partial charge is 0.497 e. The van der Waals surface area contributed by atoms with Crippen LogP contribution >= 0.6 is 0 Å². The molecule has 1 aliphatic heterocycles. The Kier molecular flexibility index (Phi) is 6.34. The summed E-state index contributed by atoms with van der Waals surface area (Å²) in [6.45, 7) is 0.453. The first-order valence-corrected chi connectivity index (χ1v) is 11.0. The standard InChI is InChI=1S/C21H24FNO4S/c1-27-17-9-6-16(7-10-17)8-11-21(24)23-13-12-20(28(25,26)15-14-23)18-4-2-3-5-19(18)22/h2-7,9-10,20H,8,11-15H2,1H3. The van der Waals surface area contributed by atoms with E-state index in [0.29, 0.717) is 19.4 Å². The van der Waals surface area contributed by atoms with Gasteiger partial charge in [-0.15, -0.1) is 0 Å². The maximum atomic E-state index is 14.1. The van der Waals surface area contributed by atoms with Crippen molar-refractivity contribution in [2.45, 2.75) is 24.5 Å². The lowest BCUT2D eigenvalue weighted by Gasteiger charge is -2.20. The number of sulfone groups is 1. The number of amides is 1. The van der Waals surface area contributed by atoms with Gasteiger partial charge in [-0.25, -0.2) is 12.8 Å². The van der Waals surface area contributed by atoms with Gasteiger partial charge in [-0.3, -0.25) is 4.79 Å². The fourth-order valence-corrected chi connectivity index (χ4v) is 5.28.